The van der Waals surface area contributed by atoms with E-state index in [-0.39, 0.29) is 23.5 Å². The predicted molar refractivity (Wildman–Crippen MR) is 94.3 cm³/mol. The second-order valence-corrected chi connectivity index (χ2v) is 6.43. The summed E-state index contributed by atoms with van der Waals surface area (Å²) in [6, 6.07) is 3.94. The molecule has 7 heteroatoms. The monoisotopic (exact) mass is 342 g/mol. The second kappa shape index (κ2) is 7.04. The van der Waals surface area contributed by atoms with Crippen LogP contribution in [0.3, 0.4) is 0 Å². The highest BCUT2D eigenvalue weighted by Crippen LogP contribution is 2.28. The fourth-order valence-electron chi connectivity index (χ4n) is 3.10. The Hall–Kier alpha value is -2.70. The summed E-state index contributed by atoms with van der Waals surface area (Å²) in [7, 11) is 1.43. The van der Waals surface area contributed by atoms with Crippen LogP contribution in [-0.2, 0) is 9.53 Å². The van der Waals surface area contributed by atoms with E-state index in [9.17, 15) is 9.59 Å². The number of anilines is 1. The summed E-state index contributed by atoms with van der Waals surface area (Å²) in [5, 5.41) is 3.35. The molecule has 1 fully saturated rings. The molecule has 1 saturated carbocycles. The van der Waals surface area contributed by atoms with Crippen LogP contribution in [0.1, 0.15) is 30.5 Å². The first kappa shape index (κ1) is 17.1. The minimum Gasteiger partial charge on any atom is -0.469 e. The van der Waals surface area contributed by atoms with Crippen LogP contribution in [0.25, 0.3) is 11.4 Å². The lowest BCUT2D eigenvalue weighted by Crippen LogP contribution is -2.19. The number of aromatic amines is 1. The zero-order chi connectivity index (χ0) is 18.0. The highest BCUT2D eigenvalue weighted by Gasteiger charge is 2.30. The third-order valence-corrected chi connectivity index (χ3v) is 4.75. The van der Waals surface area contributed by atoms with E-state index in [0.29, 0.717) is 17.1 Å². The number of aromatic nitrogens is 3. The van der Waals surface area contributed by atoms with Crippen molar-refractivity contribution >= 4 is 11.8 Å². The quantitative estimate of drug-likeness (QED) is 0.827. The van der Waals surface area contributed by atoms with Gasteiger partial charge in [-0.3, -0.25) is 9.59 Å². The average Bonchev–Trinajstić information content (AvgIpc) is 3.07. The van der Waals surface area contributed by atoms with Crippen molar-refractivity contribution in [3.8, 4) is 11.4 Å². The van der Waals surface area contributed by atoms with E-state index in [2.05, 4.69) is 20.3 Å². The molecule has 2 aromatic rings. The Morgan fingerprint density at radius 1 is 1.32 bits per heavy atom. The molecule has 2 aromatic heterocycles. The van der Waals surface area contributed by atoms with Gasteiger partial charge in [-0.1, -0.05) is 0 Å². The fourth-order valence-corrected chi connectivity index (χ4v) is 3.10. The van der Waals surface area contributed by atoms with Crippen molar-refractivity contribution in [2.75, 3.05) is 12.4 Å². The molecule has 0 aliphatic heterocycles. The van der Waals surface area contributed by atoms with Gasteiger partial charge in [0.15, 0.2) is 0 Å². The van der Waals surface area contributed by atoms with Gasteiger partial charge < -0.3 is 15.0 Å². The molecule has 1 aliphatic carbocycles. The Labute approximate surface area is 145 Å². The van der Waals surface area contributed by atoms with Crippen LogP contribution < -0.4 is 10.9 Å². The molecular weight excluding hydrogens is 320 g/mol. The first-order chi connectivity index (χ1) is 12.0. The number of aryl methyl sites for hydroxylation is 1. The molecular formula is C18H22N4O3. The molecule has 0 saturated heterocycles. The van der Waals surface area contributed by atoms with Crippen molar-refractivity contribution in [3.63, 3.8) is 0 Å². The number of carbonyl (C=O) groups excluding carboxylic acids is 1. The molecule has 2 N–H and O–H groups in total. The van der Waals surface area contributed by atoms with E-state index in [0.717, 1.165) is 30.6 Å². The summed E-state index contributed by atoms with van der Waals surface area (Å²) < 4.78 is 4.81. The first-order valence-electron chi connectivity index (χ1n) is 8.36. The number of rotatable bonds is 4. The standard InChI is InChI=1S/C18H22N4O3/c1-10-11(2)20-16(22-17(10)23)13-5-7-15(19-9-13)21-14-6-4-12(8-14)18(24)25-3/h5,7,9,12,14H,4,6,8H2,1-3H3,(H,19,21)(H,20,22,23)/t12-,14+/m0/s1. The number of nitrogens with zero attached hydrogens (tertiary/aromatic N) is 2. The number of pyridine rings is 1. The molecule has 0 amide bonds. The summed E-state index contributed by atoms with van der Waals surface area (Å²) in [5.74, 6) is 1.08. The fraction of sp³-hybridized carbons (Fsp3) is 0.444. The molecule has 0 unspecified atom stereocenters. The van der Waals surface area contributed by atoms with Crippen molar-refractivity contribution < 1.29 is 9.53 Å². The highest BCUT2D eigenvalue weighted by atomic mass is 16.5. The number of methoxy groups -OCH3 is 1. The first-order valence-corrected chi connectivity index (χ1v) is 8.36. The van der Waals surface area contributed by atoms with E-state index in [4.69, 9.17) is 4.74 Å². The second-order valence-electron chi connectivity index (χ2n) is 6.43. The van der Waals surface area contributed by atoms with Crippen LogP contribution in [-0.4, -0.2) is 34.1 Å². The Morgan fingerprint density at radius 3 is 2.76 bits per heavy atom. The summed E-state index contributed by atoms with van der Waals surface area (Å²) in [6.07, 6.45) is 4.18. The van der Waals surface area contributed by atoms with Crippen molar-refractivity contribution in [3.05, 3.63) is 39.9 Å². The summed E-state index contributed by atoms with van der Waals surface area (Å²) in [4.78, 5) is 35.0. The Kier molecular flexibility index (Phi) is 4.83. The van der Waals surface area contributed by atoms with Crippen molar-refractivity contribution in [2.45, 2.75) is 39.2 Å². The Morgan fingerprint density at radius 2 is 2.12 bits per heavy atom. The minimum absolute atomic E-state index is 0.0356. The lowest BCUT2D eigenvalue weighted by atomic mass is 10.1. The molecule has 1 aliphatic rings. The van der Waals surface area contributed by atoms with Gasteiger partial charge in [0.2, 0.25) is 0 Å². The molecule has 0 spiro atoms. The van der Waals surface area contributed by atoms with Gasteiger partial charge in [0.1, 0.15) is 11.6 Å². The summed E-state index contributed by atoms with van der Waals surface area (Å²) in [5.41, 5.74) is 1.95. The van der Waals surface area contributed by atoms with E-state index >= 15 is 0 Å². The van der Waals surface area contributed by atoms with Crippen molar-refractivity contribution in [1.29, 1.82) is 0 Å². The number of hydrogen-bond donors (Lipinski definition) is 2. The molecule has 0 aromatic carbocycles. The zero-order valence-corrected chi connectivity index (χ0v) is 14.6. The molecule has 3 rings (SSSR count). The maximum atomic E-state index is 11.9. The Bertz CT molecular complexity index is 829. The molecule has 25 heavy (non-hydrogen) atoms. The summed E-state index contributed by atoms with van der Waals surface area (Å²) in [6.45, 7) is 3.56. The van der Waals surface area contributed by atoms with Crippen LogP contribution >= 0.6 is 0 Å². The number of nitrogens with one attached hydrogen (secondary N) is 2. The van der Waals surface area contributed by atoms with Crippen molar-refractivity contribution in [2.24, 2.45) is 5.92 Å². The van der Waals surface area contributed by atoms with E-state index in [1.807, 2.05) is 19.1 Å². The molecule has 132 valence electrons. The third kappa shape index (κ3) is 3.70. The van der Waals surface area contributed by atoms with Crippen LogP contribution in [0.5, 0.6) is 0 Å². The minimum atomic E-state index is -0.141. The van der Waals surface area contributed by atoms with Gasteiger partial charge in [0, 0.05) is 29.1 Å². The van der Waals surface area contributed by atoms with Crippen LogP contribution in [0.15, 0.2) is 23.1 Å². The van der Waals surface area contributed by atoms with Crippen LogP contribution in [0, 0.1) is 19.8 Å². The van der Waals surface area contributed by atoms with Crippen LogP contribution in [0.2, 0.25) is 0 Å². The topological polar surface area (TPSA) is 97.0 Å². The van der Waals surface area contributed by atoms with Crippen LogP contribution in [0.4, 0.5) is 5.82 Å². The SMILES string of the molecule is COC(=O)[C@H]1CC[C@@H](Nc2ccc(-c3nc(C)c(C)c(=O)[nH]3)cn2)C1. The van der Waals surface area contributed by atoms with Gasteiger partial charge in [-0.25, -0.2) is 9.97 Å². The number of esters is 1. The molecule has 0 radical (unpaired) electrons. The Balaban J connectivity index is 1.69. The zero-order valence-electron chi connectivity index (χ0n) is 14.6. The van der Waals surface area contributed by atoms with E-state index in [1.165, 1.54) is 7.11 Å². The highest BCUT2D eigenvalue weighted by molar-refractivity contribution is 5.72. The van der Waals surface area contributed by atoms with Gasteiger partial charge in [-0.15, -0.1) is 0 Å². The summed E-state index contributed by atoms with van der Waals surface area (Å²) >= 11 is 0. The lowest BCUT2D eigenvalue weighted by molar-refractivity contribution is -0.145. The molecule has 2 atom stereocenters. The normalized spacial score (nSPS) is 19.6. The molecule has 2 heterocycles. The van der Waals surface area contributed by atoms with Gasteiger partial charge in [0.05, 0.1) is 13.0 Å². The lowest BCUT2D eigenvalue weighted by Gasteiger charge is -2.13. The van der Waals surface area contributed by atoms with E-state index < -0.39 is 0 Å². The van der Waals surface area contributed by atoms with E-state index in [1.54, 1.807) is 13.1 Å². The molecule has 0 bridgehead atoms. The molecule has 7 nitrogen and oxygen atoms in total. The maximum Gasteiger partial charge on any atom is 0.308 e. The number of carbonyl (C=O) groups is 1. The number of H-pyrrole nitrogens is 1. The van der Waals surface area contributed by atoms with Gasteiger partial charge >= 0.3 is 5.97 Å². The number of hydrogen-bond acceptors (Lipinski definition) is 6. The average molecular weight is 342 g/mol. The smallest absolute Gasteiger partial charge is 0.308 e. The van der Waals surface area contributed by atoms with Gasteiger partial charge in [-0.05, 0) is 45.2 Å². The largest absolute Gasteiger partial charge is 0.469 e. The third-order valence-electron chi connectivity index (χ3n) is 4.75. The van der Waals surface area contributed by atoms with Gasteiger partial charge in [-0.2, -0.15) is 0 Å². The maximum absolute atomic E-state index is 11.9. The number of ether oxygens (including phenoxy) is 1. The predicted octanol–water partition coefficient (Wildman–Crippen LogP) is 2.20. The van der Waals surface area contributed by atoms with Gasteiger partial charge in [0.25, 0.3) is 5.56 Å². The van der Waals surface area contributed by atoms with Crippen molar-refractivity contribution in [1.82, 2.24) is 15.0 Å².